The molecule has 2 heterocycles. The molecule has 0 amide bonds. The van der Waals surface area contributed by atoms with Gasteiger partial charge in [-0.1, -0.05) is 60.7 Å². The minimum Gasteiger partial charge on any atom is -0.474 e. The van der Waals surface area contributed by atoms with Crippen molar-refractivity contribution in [3.8, 4) is 34.3 Å². The molecule has 0 radical (unpaired) electrons. The lowest BCUT2D eigenvalue weighted by atomic mass is 9.99. The molecule has 3 aromatic rings. The maximum absolute atomic E-state index is 9.87. The van der Waals surface area contributed by atoms with E-state index in [2.05, 4.69) is 11.1 Å². The van der Waals surface area contributed by atoms with Crippen molar-refractivity contribution in [3.05, 3.63) is 72.3 Å². The molecule has 0 saturated carbocycles. The zero-order valence-electron chi connectivity index (χ0n) is 16.5. The molecule has 4 rings (SSSR count). The fourth-order valence-corrected chi connectivity index (χ4v) is 3.35. The highest BCUT2D eigenvalue weighted by Crippen LogP contribution is 2.34. The number of hydrogen-bond acceptors (Lipinski definition) is 5. The monoisotopic (exact) mass is 386 g/mol. The van der Waals surface area contributed by atoms with E-state index >= 15 is 0 Å². The van der Waals surface area contributed by atoms with E-state index in [1.54, 1.807) is 0 Å². The van der Waals surface area contributed by atoms with Crippen LogP contribution in [0.4, 0.5) is 0 Å². The highest BCUT2D eigenvalue weighted by molar-refractivity contribution is 5.77. The van der Waals surface area contributed by atoms with Crippen molar-refractivity contribution in [3.63, 3.8) is 0 Å². The van der Waals surface area contributed by atoms with E-state index in [9.17, 15) is 5.26 Å². The first-order valence-electron chi connectivity index (χ1n) is 9.56. The second-order valence-electron chi connectivity index (χ2n) is 7.34. The SMILES string of the molecule is CC1(C)OC[C@@H](COc2nc(-c3ccccc3)cc(-c3ccccc3)c2C#N)O1. The van der Waals surface area contributed by atoms with Crippen LogP contribution in [0.15, 0.2) is 66.7 Å². The third kappa shape index (κ3) is 4.29. The van der Waals surface area contributed by atoms with E-state index in [-0.39, 0.29) is 12.7 Å². The Hall–Kier alpha value is -3.20. The molecule has 146 valence electrons. The molecule has 1 fully saturated rings. The second kappa shape index (κ2) is 8.04. The first kappa shape index (κ1) is 19.1. The molecule has 0 aliphatic carbocycles. The Morgan fingerprint density at radius 1 is 1.07 bits per heavy atom. The lowest BCUT2D eigenvalue weighted by Gasteiger charge is -2.18. The second-order valence-corrected chi connectivity index (χ2v) is 7.34. The predicted molar refractivity (Wildman–Crippen MR) is 110 cm³/mol. The average Bonchev–Trinajstić information content (AvgIpc) is 3.11. The molecular formula is C24H22N2O3. The molecule has 29 heavy (non-hydrogen) atoms. The topological polar surface area (TPSA) is 64.4 Å². The number of pyridine rings is 1. The van der Waals surface area contributed by atoms with Crippen molar-refractivity contribution >= 4 is 0 Å². The molecule has 0 spiro atoms. The zero-order chi connectivity index (χ0) is 20.3. The third-order valence-corrected chi connectivity index (χ3v) is 4.73. The summed E-state index contributed by atoms with van der Waals surface area (Å²) in [5, 5.41) is 9.87. The molecule has 1 saturated heterocycles. The summed E-state index contributed by atoms with van der Waals surface area (Å²) in [6, 6.07) is 23.9. The summed E-state index contributed by atoms with van der Waals surface area (Å²) in [6.07, 6.45) is -0.209. The maximum Gasteiger partial charge on any atom is 0.232 e. The van der Waals surface area contributed by atoms with Crippen molar-refractivity contribution < 1.29 is 14.2 Å². The summed E-state index contributed by atoms with van der Waals surface area (Å²) in [5.74, 6) is -0.318. The first-order valence-corrected chi connectivity index (χ1v) is 9.56. The van der Waals surface area contributed by atoms with E-state index in [0.29, 0.717) is 18.1 Å². The Bertz CT molecular complexity index is 1030. The van der Waals surface area contributed by atoms with Gasteiger partial charge < -0.3 is 14.2 Å². The lowest BCUT2D eigenvalue weighted by Crippen LogP contribution is -2.25. The van der Waals surface area contributed by atoms with Crippen LogP contribution in [0, 0.1) is 11.3 Å². The zero-order valence-corrected chi connectivity index (χ0v) is 16.5. The van der Waals surface area contributed by atoms with E-state index in [1.807, 2.05) is 80.6 Å². The Labute approximate surface area is 170 Å². The van der Waals surface area contributed by atoms with Crippen molar-refractivity contribution in [2.24, 2.45) is 0 Å². The van der Waals surface area contributed by atoms with Crippen molar-refractivity contribution in [1.29, 1.82) is 5.26 Å². The Balaban J connectivity index is 1.73. The fourth-order valence-electron chi connectivity index (χ4n) is 3.35. The summed E-state index contributed by atoms with van der Waals surface area (Å²) >= 11 is 0. The number of nitrogens with zero attached hydrogens (tertiary/aromatic N) is 2. The summed E-state index contributed by atoms with van der Waals surface area (Å²) in [5.41, 5.74) is 3.85. The van der Waals surface area contributed by atoms with Gasteiger partial charge >= 0.3 is 0 Å². The molecule has 1 atom stereocenters. The van der Waals surface area contributed by atoms with E-state index in [0.717, 1.165) is 22.4 Å². The Morgan fingerprint density at radius 2 is 1.72 bits per heavy atom. The predicted octanol–water partition coefficient (Wildman–Crippen LogP) is 4.82. The van der Waals surface area contributed by atoms with Gasteiger partial charge in [0.05, 0.1) is 12.3 Å². The van der Waals surface area contributed by atoms with Crippen LogP contribution in [-0.2, 0) is 9.47 Å². The molecule has 0 bridgehead atoms. The van der Waals surface area contributed by atoms with Crippen molar-refractivity contribution in [1.82, 2.24) is 4.98 Å². The molecule has 0 N–H and O–H groups in total. The first-order chi connectivity index (χ1) is 14.1. The molecular weight excluding hydrogens is 364 g/mol. The standard InChI is InChI=1S/C24H22N2O3/c1-24(2)28-16-19(29-24)15-27-23-21(14-25)20(17-9-5-3-6-10-17)13-22(26-23)18-11-7-4-8-12-18/h3-13,19H,15-16H2,1-2H3/t19-/m1/s1. The van der Waals surface area contributed by atoms with Crippen LogP contribution in [-0.4, -0.2) is 30.1 Å². The van der Waals surface area contributed by atoms with Gasteiger partial charge in [0.25, 0.3) is 0 Å². The van der Waals surface area contributed by atoms with E-state index < -0.39 is 5.79 Å². The largest absolute Gasteiger partial charge is 0.474 e. The van der Waals surface area contributed by atoms with Crippen LogP contribution in [0.3, 0.4) is 0 Å². The fraction of sp³-hybridized carbons (Fsp3) is 0.250. The van der Waals surface area contributed by atoms with Crippen LogP contribution in [0.2, 0.25) is 0 Å². The average molecular weight is 386 g/mol. The van der Waals surface area contributed by atoms with Crippen molar-refractivity contribution in [2.45, 2.75) is 25.7 Å². The smallest absolute Gasteiger partial charge is 0.232 e. The van der Waals surface area contributed by atoms with Gasteiger partial charge in [-0.15, -0.1) is 0 Å². The molecule has 1 aromatic heterocycles. The molecule has 1 aliphatic heterocycles. The van der Waals surface area contributed by atoms with Crippen LogP contribution in [0.25, 0.3) is 22.4 Å². The number of benzene rings is 2. The van der Waals surface area contributed by atoms with Crippen LogP contribution >= 0.6 is 0 Å². The highest BCUT2D eigenvalue weighted by atomic mass is 16.7. The van der Waals surface area contributed by atoms with Gasteiger partial charge in [-0.25, -0.2) is 4.98 Å². The van der Waals surface area contributed by atoms with E-state index in [4.69, 9.17) is 14.2 Å². The van der Waals surface area contributed by atoms with Crippen LogP contribution in [0.1, 0.15) is 19.4 Å². The molecule has 0 unspecified atom stereocenters. The van der Waals surface area contributed by atoms with E-state index in [1.165, 1.54) is 0 Å². The van der Waals surface area contributed by atoms with Gasteiger partial charge in [-0.05, 0) is 25.5 Å². The minimum absolute atomic E-state index is 0.209. The maximum atomic E-state index is 9.87. The number of rotatable bonds is 5. The summed E-state index contributed by atoms with van der Waals surface area (Å²) < 4.78 is 17.4. The van der Waals surface area contributed by atoms with Crippen LogP contribution < -0.4 is 4.74 Å². The molecule has 5 nitrogen and oxygen atoms in total. The van der Waals surface area contributed by atoms with Gasteiger partial charge in [-0.2, -0.15) is 5.26 Å². The lowest BCUT2D eigenvalue weighted by molar-refractivity contribution is -0.141. The van der Waals surface area contributed by atoms with Gasteiger partial charge in [0.1, 0.15) is 24.3 Å². The summed E-state index contributed by atoms with van der Waals surface area (Å²) in [6.45, 7) is 4.45. The molecule has 1 aliphatic rings. The molecule has 5 heteroatoms. The Kier molecular flexibility index (Phi) is 5.30. The molecule has 2 aromatic carbocycles. The van der Waals surface area contributed by atoms with Gasteiger partial charge in [-0.3, -0.25) is 0 Å². The minimum atomic E-state index is -0.624. The number of hydrogen-bond donors (Lipinski definition) is 0. The highest BCUT2D eigenvalue weighted by Gasteiger charge is 2.33. The number of ether oxygens (including phenoxy) is 3. The van der Waals surface area contributed by atoms with Crippen molar-refractivity contribution in [2.75, 3.05) is 13.2 Å². The van der Waals surface area contributed by atoms with Gasteiger partial charge in [0.15, 0.2) is 5.79 Å². The third-order valence-electron chi connectivity index (χ3n) is 4.73. The summed E-state index contributed by atoms with van der Waals surface area (Å²) in [7, 11) is 0. The van der Waals surface area contributed by atoms with Gasteiger partial charge in [0.2, 0.25) is 5.88 Å². The number of aromatic nitrogens is 1. The van der Waals surface area contributed by atoms with Gasteiger partial charge in [0, 0.05) is 11.1 Å². The normalized spacial score (nSPS) is 17.6. The number of nitriles is 1. The van der Waals surface area contributed by atoms with Crippen LogP contribution in [0.5, 0.6) is 5.88 Å². The summed E-state index contributed by atoms with van der Waals surface area (Å²) in [4.78, 5) is 4.66. The Morgan fingerprint density at radius 3 is 2.31 bits per heavy atom. The quantitative estimate of drug-likeness (QED) is 0.629.